The summed E-state index contributed by atoms with van der Waals surface area (Å²) in [5, 5.41) is 3.41. The van der Waals surface area contributed by atoms with Crippen LogP contribution in [0, 0.1) is 18.2 Å². The van der Waals surface area contributed by atoms with E-state index in [4.69, 9.17) is 11.6 Å². The van der Waals surface area contributed by atoms with E-state index >= 15 is 0 Å². The second-order valence-corrected chi connectivity index (χ2v) is 6.01. The van der Waals surface area contributed by atoms with Gasteiger partial charge in [-0.1, -0.05) is 19.9 Å². The molecule has 0 amide bonds. The molecule has 0 spiro atoms. The molecule has 0 aliphatic rings. The van der Waals surface area contributed by atoms with Crippen LogP contribution >= 0.6 is 11.6 Å². The lowest BCUT2D eigenvalue weighted by Crippen LogP contribution is -2.29. The van der Waals surface area contributed by atoms with Crippen molar-refractivity contribution in [3.05, 3.63) is 35.1 Å². The SMILES string of the molecule is Cc1ccc(F)cc1CNCC(C)(C)CCCCl. The molecule has 0 unspecified atom stereocenters. The summed E-state index contributed by atoms with van der Waals surface area (Å²) in [7, 11) is 0. The van der Waals surface area contributed by atoms with E-state index in [0.29, 0.717) is 12.4 Å². The average molecular weight is 272 g/mol. The van der Waals surface area contributed by atoms with Crippen molar-refractivity contribution in [2.24, 2.45) is 5.41 Å². The van der Waals surface area contributed by atoms with Crippen LogP contribution in [0.3, 0.4) is 0 Å². The van der Waals surface area contributed by atoms with Gasteiger partial charge in [0.2, 0.25) is 0 Å². The topological polar surface area (TPSA) is 12.0 Å². The van der Waals surface area contributed by atoms with Gasteiger partial charge in [-0.05, 0) is 48.4 Å². The van der Waals surface area contributed by atoms with Gasteiger partial charge in [-0.2, -0.15) is 0 Å². The molecule has 0 aliphatic heterocycles. The zero-order valence-corrected chi connectivity index (χ0v) is 12.3. The van der Waals surface area contributed by atoms with Crippen molar-refractivity contribution in [1.29, 1.82) is 0 Å². The van der Waals surface area contributed by atoms with Crippen LogP contribution in [-0.2, 0) is 6.54 Å². The molecule has 0 atom stereocenters. The standard InChI is InChI=1S/C15H23ClFN/c1-12-5-6-14(17)9-13(12)10-18-11-15(2,3)7-4-8-16/h5-6,9,18H,4,7-8,10-11H2,1-3H3. The molecule has 1 rings (SSSR count). The van der Waals surface area contributed by atoms with Crippen molar-refractivity contribution in [3.8, 4) is 0 Å². The zero-order chi connectivity index (χ0) is 13.6. The van der Waals surface area contributed by atoms with E-state index in [-0.39, 0.29) is 11.2 Å². The van der Waals surface area contributed by atoms with E-state index in [1.807, 2.05) is 13.0 Å². The average Bonchev–Trinajstić information content (AvgIpc) is 2.31. The van der Waals surface area contributed by atoms with Crippen molar-refractivity contribution in [2.45, 2.75) is 40.2 Å². The Morgan fingerprint density at radius 3 is 2.72 bits per heavy atom. The highest BCUT2D eigenvalue weighted by Crippen LogP contribution is 2.21. The number of rotatable bonds is 7. The van der Waals surface area contributed by atoms with Gasteiger partial charge in [0.05, 0.1) is 0 Å². The molecule has 1 aromatic carbocycles. The normalized spacial score (nSPS) is 11.8. The Kier molecular flexibility index (Phi) is 6.10. The molecule has 102 valence electrons. The first-order chi connectivity index (χ1) is 8.44. The van der Waals surface area contributed by atoms with Crippen LogP contribution in [0.1, 0.15) is 37.8 Å². The molecule has 1 aromatic rings. The molecule has 1 nitrogen and oxygen atoms in total. The molecule has 0 saturated heterocycles. The summed E-state index contributed by atoms with van der Waals surface area (Å²) < 4.78 is 13.1. The first-order valence-electron chi connectivity index (χ1n) is 6.46. The van der Waals surface area contributed by atoms with E-state index in [9.17, 15) is 4.39 Å². The van der Waals surface area contributed by atoms with Gasteiger partial charge < -0.3 is 5.32 Å². The monoisotopic (exact) mass is 271 g/mol. The maximum absolute atomic E-state index is 13.1. The number of benzene rings is 1. The molecular weight excluding hydrogens is 249 g/mol. The third kappa shape index (κ3) is 5.36. The van der Waals surface area contributed by atoms with Gasteiger partial charge >= 0.3 is 0 Å². The maximum atomic E-state index is 13.1. The fraction of sp³-hybridized carbons (Fsp3) is 0.600. The fourth-order valence-electron chi connectivity index (χ4n) is 2.00. The van der Waals surface area contributed by atoms with Crippen LogP contribution < -0.4 is 5.32 Å². The molecule has 0 radical (unpaired) electrons. The number of nitrogens with one attached hydrogen (secondary N) is 1. The Hall–Kier alpha value is -0.600. The van der Waals surface area contributed by atoms with Gasteiger partial charge in [-0.15, -0.1) is 11.6 Å². The van der Waals surface area contributed by atoms with Crippen LogP contribution in [0.15, 0.2) is 18.2 Å². The number of aryl methyl sites for hydroxylation is 1. The van der Waals surface area contributed by atoms with Crippen molar-refractivity contribution >= 4 is 11.6 Å². The summed E-state index contributed by atoms with van der Waals surface area (Å²) in [4.78, 5) is 0. The zero-order valence-electron chi connectivity index (χ0n) is 11.5. The Bertz CT molecular complexity index is 377. The minimum Gasteiger partial charge on any atom is -0.312 e. The minimum absolute atomic E-state index is 0.168. The predicted octanol–water partition coefficient (Wildman–Crippen LogP) is 4.27. The Morgan fingerprint density at radius 1 is 1.33 bits per heavy atom. The highest BCUT2D eigenvalue weighted by atomic mass is 35.5. The second-order valence-electron chi connectivity index (χ2n) is 5.63. The van der Waals surface area contributed by atoms with Crippen LogP contribution in [0.5, 0.6) is 0 Å². The molecule has 0 saturated carbocycles. The fourth-order valence-corrected chi connectivity index (χ4v) is 2.13. The lowest BCUT2D eigenvalue weighted by Gasteiger charge is -2.25. The number of hydrogen-bond acceptors (Lipinski definition) is 1. The molecule has 3 heteroatoms. The minimum atomic E-state index is -0.168. The highest BCUT2D eigenvalue weighted by Gasteiger charge is 2.16. The summed E-state index contributed by atoms with van der Waals surface area (Å²) in [6.45, 7) is 8.10. The van der Waals surface area contributed by atoms with Gasteiger partial charge in [0.15, 0.2) is 0 Å². The van der Waals surface area contributed by atoms with Crippen LogP contribution in [0.25, 0.3) is 0 Å². The van der Waals surface area contributed by atoms with Crippen molar-refractivity contribution in [1.82, 2.24) is 5.32 Å². The van der Waals surface area contributed by atoms with Crippen LogP contribution in [0.2, 0.25) is 0 Å². The summed E-state index contributed by atoms with van der Waals surface area (Å²) in [5.74, 6) is 0.547. The van der Waals surface area contributed by atoms with E-state index in [1.54, 1.807) is 6.07 Å². The Balaban J connectivity index is 2.43. The van der Waals surface area contributed by atoms with E-state index in [1.165, 1.54) is 6.07 Å². The maximum Gasteiger partial charge on any atom is 0.123 e. The summed E-state index contributed by atoms with van der Waals surface area (Å²) in [6, 6.07) is 4.93. The first kappa shape index (κ1) is 15.5. The Labute approximate surface area is 115 Å². The van der Waals surface area contributed by atoms with Gasteiger partial charge in [0.1, 0.15) is 5.82 Å². The number of halogens is 2. The molecule has 0 fully saturated rings. The largest absolute Gasteiger partial charge is 0.312 e. The Morgan fingerprint density at radius 2 is 2.06 bits per heavy atom. The van der Waals surface area contributed by atoms with E-state index in [2.05, 4.69) is 19.2 Å². The van der Waals surface area contributed by atoms with Crippen LogP contribution in [-0.4, -0.2) is 12.4 Å². The van der Waals surface area contributed by atoms with Crippen molar-refractivity contribution in [2.75, 3.05) is 12.4 Å². The third-order valence-electron chi connectivity index (χ3n) is 3.22. The molecule has 1 N–H and O–H groups in total. The highest BCUT2D eigenvalue weighted by molar-refractivity contribution is 6.17. The first-order valence-corrected chi connectivity index (χ1v) is 7.00. The molecule has 0 bridgehead atoms. The van der Waals surface area contributed by atoms with Gasteiger partial charge in [-0.25, -0.2) is 4.39 Å². The molecule has 0 aromatic heterocycles. The second kappa shape index (κ2) is 7.10. The number of hydrogen-bond donors (Lipinski definition) is 1. The summed E-state index contributed by atoms with van der Waals surface area (Å²) in [6.07, 6.45) is 2.14. The van der Waals surface area contributed by atoms with Crippen LogP contribution in [0.4, 0.5) is 4.39 Å². The van der Waals surface area contributed by atoms with Gasteiger partial charge in [-0.3, -0.25) is 0 Å². The summed E-state index contributed by atoms with van der Waals surface area (Å²) >= 11 is 5.71. The lowest BCUT2D eigenvalue weighted by atomic mass is 9.88. The lowest BCUT2D eigenvalue weighted by molar-refractivity contribution is 0.311. The predicted molar refractivity (Wildman–Crippen MR) is 76.6 cm³/mol. The van der Waals surface area contributed by atoms with Crippen molar-refractivity contribution < 1.29 is 4.39 Å². The van der Waals surface area contributed by atoms with Gasteiger partial charge in [0, 0.05) is 19.0 Å². The molecule has 0 heterocycles. The van der Waals surface area contributed by atoms with Crippen molar-refractivity contribution in [3.63, 3.8) is 0 Å². The quantitative estimate of drug-likeness (QED) is 0.731. The number of alkyl halides is 1. The molecule has 0 aliphatic carbocycles. The molecule has 18 heavy (non-hydrogen) atoms. The summed E-state index contributed by atoms with van der Waals surface area (Å²) in [5.41, 5.74) is 2.39. The van der Waals surface area contributed by atoms with Gasteiger partial charge in [0.25, 0.3) is 0 Å². The third-order valence-corrected chi connectivity index (χ3v) is 3.48. The van der Waals surface area contributed by atoms with E-state index < -0.39 is 0 Å². The smallest absolute Gasteiger partial charge is 0.123 e. The molecular formula is C15H23ClFN. The van der Waals surface area contributed by atoms with E-state index in [0.717, 1.165) is 30.5 Å².